The van der Waals surface area contributed by atoms with Gasteiger partial charge in [0.05, 0.1) is 32.0 Å². The molecule has 0 saturated heterocycles. The Morgan fingerprint density at radius 3 is 2.62 bits per heavy atom. The van der Waals surface area contributed by atoms with Crippen LogP contribution in [-0.4, -0.2) is 40.5 Å². The highest BCUT2D eigenvalue weighted by Crippen LogP contribution is 2.41. The zero-order valence-electron chi connectivity index (χ0n) is 16.6. The van der Waals surface area contributed by atoms with Crippen molar-refractivity contribution in [1.82, 2.24) is 14.6 Å². The van der Waals surface area contributed by atoms with E-state index in [-0.39, 0.29) is 0 Å². The molecule has 7 nitrogen and oxygen atoms in total. The molecular formula is C22H22N4O3. The van der Waals surface area contributed by atoms with Crippen LogP contribution in [0.4, 0.5) is 5.82 Å². The summed E-state index contributed by atoms with van der Waals surface area (Å²) in [6.07, 6.45) is -0.716. The average molecular weight is 390 g/mol. The molecule has 0 spiro atoms. The summed E-state index contributed by atoms with van der Waals surface area (Å²) in [5.74, 6) is 2.23. The van der Waals surface area contributed by atoms with Crippen LogP contribution < -0.4 is 14.4 Å². The number of ether oxygens (including phenoxy) is 2. The van der Waals surface area contributed by atoms with Crippen LogP contribution in [0, 0.1) is 6.92 Å². The molecule has 1 aliphatic heterocycles. The second-order valence-electron chi connectivity index (χ2n) is 7.27. The maximum absolute atomic E-state index is 11.0. The number of hydrogen-bond donors (Lipinski definition) is 1. The predicted molar refractivity (Wildman–Crippen MR) is 111 cm³/mol. The number of methoxy groups -OCH3 is 2. The number of aliphatic hydroxyl groups is 1. The van der Waals surface area contributed by atoms with E-state index in [4.69, 9.17) is 14.5 Å². The van der Waals surface area contributed by atoms with Crippen LogP contribution in [0.15, 0.2) is 42.5 Å². The number of nitrogens with zero attached hydrogens (tertiary/aromatic N) is 4. The van der Waals surface area contributed by atoms with Crippen molar-refractivity contribution in [2.75, 3.05) is 25.7 Å². The Labute approximate surface area is 168 Å². The van der Waals surface area contributed by atoms with Crippen molar-refractivity contribution in [3.8, 4) is 11.5 Å². The molecule has 148 valence electrons. The van der Waals surface area contributed by atoms with E-state index in [2.05, 4.69) is 10.00 Å². The topological polar surface area (TPSA) is 72.1 Å². The van der Waals surface area contributed by atoms with Gasteiger partial charge in [-0.15, -0.1) is 0 Å². The lowest BCUT2D eigenvalue weighted by molar-refractivity contribution is 0.169. The predicted octanol–water partition coefficient (Wildman–Crippen LogP) is 3.26. The molecule has 29 heavy (non-hydrogen) atoms. The van der Waals surface area contributed by atoms with E-state index in [0.29, 0.717) is 18.8 Å². The van der Waals surface area contributed by atoms with Crippen molar-refractivity contribution >= 4 is 22.4 Å². The lowest BCUT2D eigenvalue weighted by atomic mass is 9.95. The largest absolute Gasteiger partial charge is 0.496 e. The number of para-hydroxylation sites is 1. The molecule has 0 aliphatic carbocycles. The SMILES string of the molecule is COc1ccc(OC)c2c1CN(c1nc3cc(C)nn3c3ccccc13)C[C@H]2O. The van der Waals surface area contributed by atoms with Crippen molar-refractivity contribution in [2.24, 2.45) is 0 Å². The highest BCUT2D eigenvalue weighted by molar-refractivity contribution is 5.92. The molecule has 4 aromatic rings. The lowest BCUT2D eigenvalue weighted by Crippen LogP contribution is -2.35. The second kappa shape index (κ2) is 6.63. The van der Waals surface area contributed by atoms with Gasteiger partial charge in [-0.1, -0.05) is 12.1 Å². The van der Waals surface area contributed by atoms with Crippen molar-refractivity contribution in [3.63, 3.8) is 0 Å². The Balaban J connectivity index is 1.71. The highest BCUT2D eigenvalue weighted by atomic mass is 16.5. The quantitative estimate of drug-likeness (QED) is 0.579. The van der Waals surface area contributed by atoms with Gasteiger partial charge in [-0.05, 0) is 31.2 Å². The van der Waals surface area contributed by atoms with E-state index >= 15 is 0 Å². The van der Waals surface area contributed by atoms with E-state index in [1.54, 1.807) is 14.2 Å². The van der Waals surface area contributed by atoms with Gasteiger partial charge < -0.3 is 19.5 Å². The summed E-state index contributed by atoms with van der Waals surface area (Å²) in [6.45, 7) is 2.94. The number of rotatable bonds is 3. The van der Waals surface area contributed by atoms with Crippen molar-refractivity contribution in [1.29, 1.82) is 0 Å². The first kappa shape index (κ1) is 17.8. The Kier molecular flexibility index (Phi) is 4.06. The normalized spacial score (nSPS) is 16.3. The molecule has 0 amide bonds. The lowest BCUT2D eigenvalue weighted by Gasteiger charge is -2.35. The van der Waals surface area contributed by atoms with E-state index in [0.717, 1.165) is 44.9 Å². The molecule has 0 fully saturated rings. The summed E-state index contributed by atoms with van der Waals surface area (Å²) in [4.78, 5) is 6.99. The minimum Gasteiger partial charge on any atom is -0.496 e. The number of aliphatic hydroxyl groups excluding tert-OH is 1. The molecule has 2 aromatic carbocycles. The molecule has 2 aromatic heterocycles. The van der Waals surface area contributed by atoms with E-state index in [1.807, 2.05) is 53.9 Å². The number of aromatic nitrogens is 3. The number of anilines is 1. The van der Waals surface area contributed by atoms with Gasteiger partial charge in [0.25, 0.3) is 0 Å². The summed E-state index contributed by atoms with van der Waals surface area (Å²) in [5, 5.41) is 16.6. The summed E-state index contributed by atoms with van der Waals surface area (Å²) in [5.41, 5.74) is 4.39. The fraction of sp³-hybridized carbons (Fsp3) is 0.273. The number of fused-ring (bicyclic) bond motifs is 4. The maximum atomic E-state index is 11.0. The molecule has 1 N–H and O–H groups in total. The Morgan fingerprint density at radius 2 is 1.83 bits per heavy atom. The zero-order chi connectivity index (χ0) is 20.1. The van der Waals surface area contributed by atoms with Crippen LogP contribution in [-0.2, 0) is 6.54 Å². The van der Waals surface area contributed by atoms with Crippen LogP contribution in [0.25, 0.3) is 16.6 Å². The van der Waals surface area contributed by atoms with Gasteiger partial charge in [-0.2, -0.15) is 5.10 Å². The average Bonchev–Trinajstić information content (AvgIpc) is 3.12. The fourth-order valence-corrected chi connectivity index (χ4v) is 4.24. The number of benzene rings is 2. The monoisotopic (exact) mass is 390 g/mol. The molecule has 0 bridgehead atoms. The van der Waals surface area contributed by atoms with Crippen molar-refractivity contribution in [3.05, 3.63) is 59.3 Å². The summed E-state index contributed by atoms with van der Waals surface area (Å²) < 4.78 is 12.9. The van der Waals surface area contributed by atoms with Crippen LogP contribution in [0.3, 0.4) is 0 Å². The van der Waals surface area contributed by atoms with Gasteiger partial charge >= 0.3 is 0 Å². The van der Waals surface area contributed by atoms with Gasteiger partial charge in [0, 0.05) is 29.1 Å². The highest BCUT2D eigenvalue weighted by Gasteiger charge is 2.31. The summed E-state index contributed by atoms with van der Waals surface area (Å²) >= 11 is 0. The molecule has 0 saturated carbocycles. The molecule has 1 atom stereocenters. The van der Waals surface area contributed by atoms with Crippen LogP contribution in [0.2, 0.25) is 0 Å². The first-order valence-corrected chi connectivity index (χ1v) is 9.52. The number of β-amino-alcohol motifs (C(OH)–C–C–N with tert-alkyl or cyclic N) is 1. The first-order valence-electron chi connectivity index (χ1n) is 9.52. The van der Waals surface area contributed by atoms with E-state index in [9.17, 15) is 5.11 Å². The summed E-state index contributed by atoms with van der Waals surface area (Å²) in [7, 11) is 3.26. The van der Waals surface area contributed by atoms with Crippen molar-refractivity contribution < 1.29 is 14.6 Å². The molecule has 3 heterocycles. The molecule has 0 radical (unpaired) electrons. The molecular weight excluding hydrogens is 368 g/mol. The first-order chi connectivity index (χ1) is 14.1. The van der Waals surface area contributed by atoms with E-state index in [1.165, 1.54) is 0 Å². The van der Waals surface area contributed by atoms with E-state index < -0.39 is 6.10 Å². The maximum Gasteiger partial charge on any atom is 0.158 e. The van der Waals surface area contributed by atoms with Gasteiger partial charge in [-0.3, -0.25) is 0 Å². The third-order valence-electron chi connectivity index (χ3n) is 5.50. The standard InChI is InChI=1S/C22H22N4O3/c1-13-10-20-23-22(14-6-4-5-7-16(14)26(20)24-13)25-11-15-18(28-2)8-9-19(29-3)21(15)17(27)12-25/h4-10,17,27H,11-12H2,1-3H3/t17-/m1/s1. The molecule has 0 unspecified atom stereocenters. The molecule has 7 heteroatoms. The third kappa shape index (κ3) is 2.69. The Bertz CT molecular complexity index is 1230. The minimum atomic E-state index is -0.716. The van der Waals surface area contributed by atoms with Gasteiger partial charge in [0.1, 0.15) is 23.4 Å². The Morgan fingerprint density at radius 1 is 1.07 bits per heavy atom. The number of aryl methyl sites for hydroxylation is 1. The molecule has 5 rings (SSSR count). The van der Waals surface area contributed by atoms with Gasteiger partial charge in [0.2, 0.25) is 0 Å². The van der Waals surface area contributed by atoms with Crippen LogP contribution in [0.1, 0.15) is 22.9 Å². The van der Waals surface area contributed by atoms with Crippen LogP contribution >= 0.6 is 0 Å². The van der Waals surface area contributed by atoms with Crippen molar-refractivity contribution in [2.45, 2.75) is 19.6 Å². The Hall–Kier alpha value is -3.32. The molecule has 1 aliphatic rings. The van der Waals surface area contributed by atoms with Crippen LogP contribution in [0.5, 0.6) is 11.5 Å². The van der Waals surface area contributed by atoms with Gasteiger partial charge in [-0.25, -0.2) is 9.50 Å². The third-order valence-corrected chi connectivity index (χ3v) is 5.50. The minimum absolute atomic E-state index is 0.414. The zero-order valence-corrected chi connectivity index (χ0v) is 16.6. The smallest absolute Gasteiger partial charge is 0.158 e. The number of hydrogen-bond acceptors (Lipinski definition) is 6. The second-order valence-corrected chi connectivity index (χ2v) is 7.27. The van der Waals surface area contributed by atoms with Gasteiger partial charge in [0.15, 0.2) is 5.65 Å². The fourth-order valence-electron chi connectivity index (χ4n) is 4.24. The summed E-state index contributed by atoms with van der Waals surface area (Å²) in [6, 6.07) is 13.8.